The van der Waals surface area contributed by atoms with Gasteiger partial charge in [0.2, 0.25) is 0 Å². The molecule has 2 amide bonds. The number of halogens is 4. The smallest absolute Gasteiger partial charge is 0.335 e. The largest absolute Gasteiger partial charge is 0.479 e. The third-order valence-electron chi connectivity index (χ3n) is 4.92. The van der Waals surface area contributed by atoms with E-state index in [4.69, 9.17) is 55.9 Å². The molecule has 3 N–H and O–H groups in total. The molecule has 0 aromatic heterocycles. The van der Waals surface area contributed by atoms with Crippen LogP contribution in [0.15, 0.2) is 54.6 Å². The molecule has 0 aliphatic heterocycles. The van der Waals surface area contributed by atoms with Gasteiger partial charge in [-0.05, 0) is 68.4 Å². The minimum absolute atomic E-state index is 0.0348. The summed E-state index contributed by atoms with van der Waals surface area (Å²) < 4.78 is 11.2. The van der Waals surface area contributed by atoms with Gasteiger partial charge in [0.1, 0.15) is 11.5 Å². The number of nitrogens with one attached hydrogen (secondary N) is 2. The summed E-state index contributed by atoms with van der Waals surface area (Å²) in [6.45, 7) is 2.97. The predicted molar refractivity (Wildman–Crippen MR) is 144 cm³/mol. The second kappa shape index (κ2) is 12.4. The van der Waals surface area contributed by atoms with Gasteiger partial charge in [-0.1, -0.05) is 46.4 Å². The molecule has 0 heterocycles. The Morgan fingerprint density at radius 1 is 0.703 bits per heavy atom. The van der Waals surface area contributed by atoms with E-state index in [0.717, 1.165) is 0 Å². The highest BCUT2D eigenvalue weighted by molar-refractivity contribution is 6.36. The van der Waals surface area contributed by atoms with Crippen LogP contribution in [0, 0.1) is 0 Å². The summed E-state index contributed by atoms with van der Waals surface area (Å²) in [7, 11) is 0. The summed E-state index contributed by atoms with van der Waals surface area (Å²) in [6.07, 6.45) is -2.04. The summed E-state index contributed by atoms with van der Waals surface area (Å²) in [6, 6.07) is 12.9. The lowest BCUT2D eigenvalue weighted by Crippen LogP contribution is -2.32. The number of aromatic carboxylic acids is 1. The van der Waals surface area contributed by atoms with Crippen molar-refractivity contribution < 1.29 is 29.0 Å². The average Bonchev–Trinajstić information content (AvgIpc) is 2.83. The fourth-order valence-electron chi connectivity index (χ4n) is 2.99. The normalized spacial score (nSPS) is 12.3. The summed E-state index contributed by atoms with van der Waals surface area (Å²) in [4.78, 5) is 37.1. The molecular formula is C25H20Cl4N2O6. The van der Waals surface area contributed by atoms with E-state index in [9.17, 15) is 19.5 Å². The number of ether oxygens (including phenoxy) is 2. The Morgan fingerprint density at radius 2 is 1.16 bits per heavy atom. The topological polar surface area (TPSA) is 114 Å². The van der Waals surface area contributed by atoms with E-state index in [1.807, 2.05) is 0 Å². The SMILES string of the molecule is CC(Oc1ccc(Cl)cc1Cl)C(=O)Nc1ccc(C(=O)O)cc1NC(=O)C(C)Oc1ccc(Cl)cc1Cl. The number of amides is 2. The number of hydrogen-bond donors (Lipinski definition) is 3. The summed E-state index contributed by atoms with van der Waals surface area (Å²) in [5.41, 5.74) is 0.0604. The monoisotopic (exact) mass is 584 g/mol. The zero-order valence-electron chi connectivity index (χ0n) is 19.4. The lowest BCUT2D eigenvalue weighted by molar-refractivity contribution is -0.122. The van der Waals surface area contributed by atoms with Crippen molar-refractivity contribution in [2.24, 2.45) is 0 Å². The molecule has 194 valence electrons. The van der Waals surface area contributed by atoms with Crippen LogP contribution in [0.5, 0.6) is 11.5 Å². The van der Waals surface area contributed by atoms with Crippen LogP contribution in [0.4, 0.5) is 11.4 Å². The van der Waals surface area contributed by atoms with Gasteiger partial charge in [0.15, 0.2) is 12.2 Å². The lowest BCUT2D eigenvalue weighted by atomic mass is 10.1. The first kappa shape index (κ1) is 28.4. The van der Waals surface area contributed by atoms with Crippen LogP contribution in [-0.2, 0) is 9.59 Å². The standard InChI is InChI=1S/C25H20Cl4N2O6/c1-12(36-21-7-4-15(26)10-17(21)28)23(32)30-19-6-3-14(25(34)35)9-20(19)31-24(33)13(2)37-22-8-5-16(27)11-18(22)29/h3-13H,1-2H3,(H,30,32)(H,31,33)(H,34,35). The Balaban J connectivity index is 1.76. The summed E-state index contributed by atoms with van der Waals surface area (Å²) in [5, 5.41) is 15.8. The number of carbonyl (C=O) groups excluding carboxylic acids is 2. The second-order valence-electron chi connectivity index (χ2n) is 7.71. The third kappa shape index (κ3) is 7.66. The van der Waals surface area contributed by atoms with Gasteiger partial charge in [-0.15, -0.1) is 0 Å². The fourth-order valence-corrected chi connectivity index (χ4v) is 3.89. The molecular weight excluding hydrogens is 566 g/mol. The Labute approximate surface area is 232 Å². The Morgan fingerprint density at radius 3 is 1.59 bits per heavy atom. The number of carboxylic acid groups (broad SMARTS) is 1. The van der Waals surface area contributed by atoms with Gasteiger partial charge < -0.3 is 25.2 Å². The molecule has 8 nitrogen and oxygen atoms in total. The zero-order valence-corrected chi connectivity index (χ0v) is 22.4. The Bertz CT molecular complexity index is 1350. The van der Waals surface area contributed by atoms with E-state index in [2.05, 4.69) is 10.6 Å². The third-order valence-corrected chi connectivity index (χ3v) is 5.98. The van der Waals surface area contributed by atoms with Crippen LogP contribution in [-0.4, -0.2) is 35.1 Å². The molecule has 0 fully saturated rings. The van der Waals surface area contributed by atoms with Gasteiger partial charge in [0.05, 0.1) is 27.0 Å². The summed E-state index contributed by atoms with van der Waals surface area (Å²) >= 11 is 24.0. The molecule has 0 bridgehead atoms. The molecule has 0 saturated carbocycles. The first-order chi connectivity index (χ1) is 17.4. The van der Waals surface area contributed by atoms with Crippen molar-refractivity contribution in [3.05, 3.63) is 80.3 Å². The van der Waals surface area contributed by atoms with Crippen LogP contribution < -0.4 is 20.1 Å². The lowest BCUT2D eigenvalue weighted by Gasteiger charge is -2.19. The molecule has 0 spiro atoms. The van der Waals surface area contributed by atoms with Gasteiger partial charge in [0, 0.05) is 10.0 Å². The van der Waals surface area contributed by atoms with Crippen molar-refractivity contribution in [3.8, 4) is 11.5 Å². The first-order valence-corrected chi connectivity index (χ1v) is 12.2. The molecule has 3 rings (SSSR count). The summed E-state index contributed by atoms with van der Waals surface area (Å²) in [5.74, 6) is -1.95. The number of carbonyl (C=O) groups is 3. The van der Waals surface area contributed by atoms with Crippen LogP contribution in [0.2, 0.25) is 20.1 Å². The van der Waals surface area contributed by atoms with Crippen LogP contribution in [0.3, 0.4) is 0 Å². The van der Waals surface area contributed by atoms with Crippen molar-refractivity contribution >= 4 is 75.6 Å². The molecule has 2 atom stereocenters. The molecule has 0 aliphatic carbocycles. The van der Waals surface area contributed by atoms with Gasteiger partial charge in [0.25, 0.3) is 11.8 Å². The van der Waals surface area contributed by atoms with Crippen molar-refractivity contribution in [1.82, 2.24) is 0 Å². The van der Waals surface area contributed by atoms with Gasteiger partial charge >= 0.3 is 5.97 Å². The molecule has 0 radical (unpaired) electrons. The van der Waals surface area contributed by atoms with Crippen LogP contribution in [0.25, 0.3) is 0 Å². The number of anilines is 2. The van der Waals surface area contributed by atoms with Gasteiger partial charge in [-0.2, -0.15) is 0 Å². The number of benzene rings is 3. The van der Waals surface area contributed by atoms with E-state index >= 15 is 0 Å². The predicted octanol–water partition coefficient (Wildman–Crippen LogP) is 6.81. The van der Waals surface area contributed by atoms with Crippen molar-refractivity contribution in [2.75, 3.05) is 10.6 Å². The van der Waals surface area contributed by atoms with E-state index in [-0.39, 0.29) is 38.5 Å². The highest BCUT2D eigenvalue weighted by Gasteiger charge is 2.22. The number of rotatable bonds is 9. The van der Waals surface area contributed by atoms with E-state index in [1.165, 1.54) is 56.3 Å². The van der Waals surface area contributed by atoms with Gasteiger partial charge in [-0.3, -0.25) is 9.59 Å². The van der Waals surface area contributed by atoms with Crippen molar-refractivity contribution in [1.29, 1.82) is 0 Å². The van der Waals surface area contributed by atoms with E-state index in [0.29, 0.717) is 10.0 Å². The minimum atomic E-state index is -1.22. The second-order valence-corrected chi connectivity index (χ2v) is 9.40. The molecule has 3 aromatic carbocycles. The minimum Gasteiger partial charge on any atom is -0.479 e. The van der Waals surface area contributed by atoms with Crippen molar-refractivity contribution in [3.63, 3.8) is 0 Å². The molecule has 0 aliphatic rings. The Hall–Kier alpha value is -3.17. The quantitative estimate of drug-likeness (QED) is 0.254. The maximum atomic E-state index is 12.8. The molecule has 0 saturated heterocycles. The Kier molecular flexibility index (Phi) is 9.50. The van der Waals surface area contributed by atoms with Crippen molar-refractivity contribution in [2.45, 2.75) is 26.1 Å². The highest BCUT2D eigenvalue weighted by Crippen LogP contribution is 2.30. The van der Waals surface area contributed by atoms with Crippen LogP contribution in [0.1, 0.15) is 24.2 Å². The van der Waals surface area contributed by atoms with Crippen LogP contribution >= 0.6 is 46.4 Å². The molecule has 2 unspecified atom stereocenters. The van der Waals surface area contributed by atoms with Gasteiger partial charge in [-0.25, -0.2) is 4.79 Å². The highest BCUT2D eigenvalue weighted by atomic mass is 35.5. The maximum Gasteiger partial charge on any atom is 0.335 e. The number of carboxylic acids is 1. The average molecular weight is 586 g/mol. The van der Waals surface area contributed by atoms with E-state index < -0.39 is 30.0 Å². The maximum absolute atomic E-state index is 12.8. The number of hydrogen-bond acceptors (Lipinski definition) is 5. The fraction of sp³-hybridized carbons (Fsp3) is 0.160. The molecule has 37 heavy (non-hydrogen) atoms. The van der Waals surface area contributed by atoms with E-state index in [1.54, 1.807) is 12.1 Å². The molecule has 3 aromatic rings. The first-order valence-electron chi connectivity index (χ1n) is 10.7. The molecule has 12 heteroatoms. The zero-order chi connectivity index (χ0) is 27.3.